The fraction of sp³-hybridized carbons (Fsp3) is 0.500. The van der Waals surface area contributed by atoms with E-state index in [0.29, 0.717) is 19.5 Å². The zero-order valence-corrected chi connectivity index (χ0v) is 14.2. The van der Waals surface area contributed by atoms with Crippen molar-refractivity contribution < 1.29 is 14.3 Å². The summed E-state index contributed by atoms with van der Waals surface area (Å²) in [6.45, 7) is 1.02. The number of nitrogens with one attached hydrogen (secondary N) is 2. The minimum absolute atomic E-state index is 0.0222. The lowest BCUT2D eigenvalue weighted by molar-refractivity contribution is -0.121. The molecule has 22 heavy (non-hydrogen) atoms. The molecule has 0 aliphatic rings. The smallest absolute Gasteiger partial charge is 0.407 e. The summed E-state index contributed by atoms with van der Waals surface area (Å²) in [4.78, 5) is 22.9. The van der Waals surface area contributed by atoms with E-state index in [4.69, 9.17) is 4.74 Å². The summed E-state index contributed by atoms with van der Waals surface area (Å²) in [5.41, 5.74) is 0.939. The third-order valence-corrected chi connectivity index (χ3v) is 3.53. The van der Waals surface area contributed by atoms with Crippen LogP contribution >= 0.6 is 15.9 Å². The highest BCUT2D eigenvalue weighted by molar-refractivity contribution is 9.09. The number of carbonyl (C=O) groups is 2. The van der Waals surface area contributed by atoms with Crippen molar-refractivity contribution in [1.29, 1.82) is 0 Å². The normalized spacial score (nSPS) is 10.0. The largest absolute Gasteiger partial charge is 0.445 e. The Labute approximate surface area is 139 Å². The summed E-state index contributed by atoms with van der Waals surface area (Å²) in [5, 5.41) is 6.35. The van der Waals surface area contributed by atoms with E-state index in [2.05, 4.69) is 26.6 Å². The van der Waals surface area contributed by atoms with E-state index in [-0.39, 0.29) is 12.5 Å². The number of ether oxygens (including phenoxy) is 1. The summed E-state index contributed by atoms with van der Waals surface area (Å²) in [6, 6.07) is 9.48. The summed E-state index contributed by atoms with van der Waals surface area (Å²) in [5.74, 6) is 0.0222. The Morgan fingerprint density at radius 3 is 2.45 bits per heavy atom. The van der Waals surface area contributed by atoms with Crippen molar-refractivity contribution in [3.05, 3.63) is 35.9 Å². The number of carbonyl (C=O) groups excluding carboxylic acids is 2. The number of amides is 2. The number of benzene rings is 1. The van der Waals surface area contributed by atoms with Gasteiger partial charge in [0.25, 0.3) is 0 Å². The quantitative estimate of drug-likeness (QED) is 0.491. The Balaban J connectivity index is 1.99. The zero-order valence-electron chi connectivity index (χ0n) is 12.6. The number of alkyl halides is 1. The van der Waals surface area contributed by atoms with Crippen LogP contribution in [0.1, 0.15) is 31.2 Å². The maximum absolute atomic E-state index is 11.5. The van der Waals surface area contributed by atoms with Crippen molar-refractivity contribution in [1.82, 2.24) is 10.6 Å². The standard InChI is InChI=1S/C16H23BrN2O3/c17-10-6-2-5-9-15(20)18-11-12-19-16(21)22-13-14-7-3-1-4-8-14/h1,3-4,7-8H,2,5-6,9-13H2,(H,18,20)(H,19,21). The number of alkyl carbamates (subject to hydrolysis) is 1. The average molecular weight is 371 g/mol. The lowest BCUT2D eigenvalue weighted by Gasteiger charge is -2.08. The fourth-order valence-electron chi connectivity index (χ4n) is 1.79. The first kappa shape index (κ1) is 18.5. The van der Waals surface area contributed by atoms with Gasteiger partial charge in [-0.1, -0.05) is 52.7 Å². The fourth-order valence-corrected chi connectivity index (χ4v) is 2.18. The molecule has 0 spiro atoms. The van der Waals surface area contributed by atoms with Gasteiger partial charge in [-0.05, 0) is 18.4 Å². The van der Waals surface area contributed by atoms with Crippen molar-refractivity contribution in [2.45, 2.75) is 32.3 Å². The molecule has 0 heterocycles. The van der Waals surface area contributed by atoms with E-state index in [1.54, 1.807) is 0 Å². The molecule has 0 fully saturated rings. The maximum Gasteiger partial charge on any atom is 0.407 e. The van der Waals surface area contributed by atoms with Crippen LogP contribution in [0.15, 0.2) is 30.3 Å². The van der Waals surface area contributed by atoms with Crippen LogP contribution in [0.2, 0.25) is 0 Å². The monoisotopic (exact) mass is 370 g/mol. The van der Waals surface area contributed by atoms with Gasteiger partial charge in [0.1, 0.15) is 6.61 Å². The Hall–Kier alpha value is -1.56. The molecule has 6 heteroatoms. The van der Waals surface area contributed by atoms with E-state index < -0.39 is 6.09 Å². The average Bonchev–Trinajstić information content (AvgIpc) is 2.55. The van der Waals surface area contributed by atoms with Gasteiger partial charge in [0.05, 0.1) is 0 Å². The summed E-state index contributed by atoms with van der Waals surface area (Å²) in [6.07, 6.45) is 3.08. The third-order valence-electron chi connectivity index (χ3n) is 2.97. The minimum Gasteiger partial charge on any atom is -0.445 e. The first-order valence-electron chi connectivity index (χ1n) is 7.49. The highest BCUT2D eigenvalue weighted by Gasteiger charge is 2.03. The second-order valence-corrected chi connectivity index (χ2v) is 5.63. The Morgan fingerprint density at radius 1 is 1.00 bits per heavy atom. The van der Waals surface area contributed by atoms with Crippen molar-refractivity contribution in [2.24, 2.45) is 0 Å². The van der Waals surface area contributed by atoms with Crippen LogP contribution in [0.5, 0.6) is 0 Å². The van der Waals surface area contributed by atoms with E-state index in [1.807, 2.05) is 30.3 Å². The first-order chi connectivity index (χ1) is 10.7. The van der Waals surface area contributed by atoms with Crippen molar-refractivity contribution >= 4 is 27.9 Å². The Bertz CT molecular complexity index is 440. The van der Waals surface area contributed by atoms with Crippen LogP contribution in [-0.2, 0) is 16.1 Å². The number of halogens is 1. The van der Waals surface area contributed by atoms with Crippen LogP contribution in [0, 0.1) is 0 Å². The van der Waals surface area contributed by atoms with Crippen molar-refractivity contribution in [3.63, 3.8) is 0 Å². The van der Waals surface area contributed by atoms with Crippen LogP contribution < -0.4 is 10.6 Å². The van der Waals surface area contributed by atoms with Crippen LogP contribution in [0.3, 0.4) is 0 Å². The molecule has 5 nitrogen and oxygen atoms in total. The molecule has 1 aromatic carbocycles. The second-order valence-electron chi connectivity index (χ2n) is 4.84. The molecule has 0 unspecified atom stereocenters. The molecule has 1 aromatic rings. The SMILES string of the molecule is O=C(CCCCCBr)NCCNC(=O)OCc1ccccc1. The number of hydrogen-bond donors (Lipinski definition) is 2. The topological polar surface area (TPSA) is 67.4 Å². The zero-order chi connectivity index (χ0) is 16.0. The molecule has 0 aromatic heterocycles. The first-order valence-corrected chi connectivity index (χ1v) is 8.61. The molecule has 2 N–H and O–H groups in total. The molecule has 0 saturated carbocycles. The molecule has 1 rings (SSSR count). The maximum atomic E-state index is 11.5. The second kappa shape index (κ2) is 12.0. The van der Waals surface area contributed by atoms with Crippen LogP contribution in [0.4, 0.5) is 4.79 Å². The lowest BCUT2D eigenvalue weighted by atomic mass is 10.2. The van der Waals surface area contributed by atoms with E-state index in [0.717, 1.165) is 30.2 Å². The Kier molecular flexibility index (Phi) is 10.1. The van der Waals surface area contributed by atoms with E-state index in [1.165, 1.54) is 0 Å². The lowest BCUT2D eigenvalue weighted by Crippen LogP contribution is -2.34. The molecule has 0 saturated heterocycles. The van der Waals surface area contributed by atoms with Gasteiger partial charge < -0.3 is 15.4 Å². The highest BCUT2D eigenvalue weighted by Crippen LogP contribution is 2.02. The minimum atomic E-state index is -0.476. The Morgan fingerprint density at radius 2 is 1.73 bits per heavy atom. The van der Waals surface area contributed by atoms with Gasteiger partial charge in [-0.15, -0.1) is 0 Å². The van der Waals surface area contributed by atoms with Gasteiger partial charge in [-0.3, -0.25) is 4.79 Å². The van der Waals surface area contributed by atoms with Gasteiger partial charge in [0.15, 0.2) is 0 Å². The number of hydrogen-bond acceptors (Lipinski definition) is 3. The van der Waals surface area contributed by atoms with Gasteiger partial charge in [0.2, 0.25) is 5.91 Å². The van der Waals surface area contributed by atoms with E-state index in [9.17, 15) is 9.59 Å². The van der Waals surface area contributed by atoms with Crippen molar-refractivity contribution in [3.8, 4) is 0 Å². The highest BCUT2D eigenvalue weighted by atomic mass is 79.9. The molecule has 0 atom stereocenters. The number of rotatable bonds is 10. The molecule has 2 amide bonds. The molecule has 0 bridgehead atoms. The van der Waals surface area contributed by atoms with Crippen molar-refractivity contribution in [2.75, 3.05) is 18.4 Å². The van der Waals surface area contributed by atoms with Gasteiger partial charge >= 0.3 is 6.09 Å². The summed E-state index contributed by atoms with van der Waals surface area (Å²) >= 11 is 3.36. The van der Waals surface area contributed by atoms with E-state index >= 15 is 0 Å². The summed E-state index contributed by atoms with van der Waals surface area (Å²) in [7, 11) is 0. The summed E-state index contributed by atoms with van der Waals surface area (Å²) < 4.78 is 5.06. The van der Waals surface area contributed by atoms with Gasteiger partial charge in [-0.2, -0.15) is 0 Å². The number of unbranched alkanes of at least 4 members (excludes halogenated alkanes) is 2. The van der Waals surface area contributed by atoms with Gasteiger partial charge in [0, 0.05) is 24.8 Å². The predicted molar refractivity (Wildman–Crippen MR) is 89.9 cm³/mol. The van der Waals surface area contributed by atoms with Gasteiger partial charge in [-0.25, -0.2) is 4.79 Å². The third kappa shape index (κ3) is 9.39. The van der Waals surface area contributed by atoms with Crippen LogP contribution in [-0.4, -0.2) is 30.4 Å². The molecule has 0 aliphatic carbocycles. The van der Waals surface area contributed by atoms with Crippen LogP contribution in [0.25, 0.3) is 0 Å². The molecule has 0 radical (unpaired) electrons. The molecule has 0 aliphatic heterocycles. The molecule has 122 valence electrons. The molecular formula is C16H23BrN2O3. The predicted octanol–water partition coefficient (Wildman–Crippen LogP) is 2.98. The molecular weight excluding hydrogens is 348 g/mol.